The summed E-state index contributed by atoms with van der Waals surface area (Å²) < 4.78 is 35.3. The minimum absolute atomic E-state index is 0.284. The van der Waals surface area contributed by atoms with Crippen LogP contribution < -0.4 is 5.32 Å². The Morgan fingerprint density at radius 3 is 2.40 bits per heavy atom. The van der Waals surface area contributed by atoms with Crippen LogP contribution in [0.15, 0.2) is 0 Å². The van der Waals surface area contributed by atoms with Gasteiger partial charge in [-0.15, -0.1) is 0 Å². The first kappa shape index (κ1) is 14.1. The molecule has 0 aliphatic heterocycles. The number of carbonyl (C=O) groups is 1. The van der Waals surface area contributed by atoms with Crippen molar-refractivity contribution in [1.82, 2.24) is 10.2 Å². The fourth-order valence-electron chi connectivity index (χ4n) is 0.990. The van der Waals surface area contributed by atoms with E-state index in [2.05, 4.69) is 0 Å². The van der Waals surface area contributed by atoms with Crippen molar-refractivity contribution in [3.8, 4) is 0 Å². The maximum Gasteiger partial charge on any atom is 0.405 e. The molecule has 15 heavy (non-hydrogen) atoms. The molecule has 1 N–H and O–H groups in total. The van der Waals surface area contributed by atoms with Crippen LogP contribution in [0.3, 0.4) is 0 Å². The van der Waals surface area contributed by atoms with Gasteiger partial charge in [-0.25, -0.2) is 4.79 Å². The molecular formula is C9H17F3N2O. The van der Waals surface area contributed by atoms with Gasteiger partial charge in [-0.1, -0.05) is 20.3 Å². The van der Waals surface area contributed by atoms with Gasteiger partial charge in [0.2, 0.25) is 0 Å². The lowest BCUT2D eigenvalue weighted by Crippen LogP contribution is -2.43. The van der Waals surface area contributed by atoms with Crippen LogP contribution in [0, 0.1) is 5.92 Å². The smallest absolute Gasteiger partial charge is 0.329 e. The number of hydrogen-bond donors (Lipinski definition) is 1. The topological polar surface area (TPSA) is 32.3 Å². The Morgan fingerprint density at radius 2 is 2.00 bits per heavy atom. The maximum atomic E-state index is 11.8. The number of alkyl halides is 3. The summed E-state index contributed by atoms with van der Waals surface area (Å²) in [6.07, 6.45) is -3.47. The standard InChI is InChI=1S/C9H17F3N2O/c1-4-7(2)5-14(3)8(15)13-6-9(10,11)12/h7H,4-6H2,1-3H3,(H,13,15). The molecule has 0 aliphatic carbocycles. The largest absolute Gasteiger partial charge is 0.405 e. The Kier molecular flexibility index (Phi) is 5.46. The Morgan fingerprint density at radius 1 is 1.47 bits per heavy atom. The van der Waals surface area contributed by atoms with Crippen molar-refractivity contribution in [2.45, 2.75) is 26.4 Å². The highest BCUT2D eigenvalue weighted by Crippen LogP contribution is 2.12. The van der Waals surface area contributed by atoms with E-state index < -0.39 is 18.8 Å². The van der Waals surface area contributed by atoms with Crippen molar-refractivity contribution in [2.24, 2.45) is 5.92 Å². The number of nitrogens with zero attached hydrogens (tertiary/aromatic N) is 1. The minimum Gasteiger partial charge on any atom is -0.329 e. The molecule has 3 nitrogen and oxygen atoms in total. The van der Waals surface area contributed by atoms with Gasteiger partial charge >= 0.3 is 12.2 Å². The molecule has 0 fully saturated rings. The first-order valence-corrected chi connectivity index (χ1v) is 4.82. The third kappa shape index (κ3) is 7.04. The number of hydrogen-bond acceptors (Lipinski definition) is 1. The summed E-state index contributed by atoms with van der Waals surface area (Å²) in [5, 5.41) is 1.81. The number of urea groups is 1. The van der Waals surface area contributed by atoms with E-state index in [9.17, 15) is 18.0 Å². The van der Waals surface area contributed by atoms with Crippen molar-refractivity contribution in [3.63, 3.8) is 0 Å². The van der Waals surface area contributed by atoms with Crippen LogP contribution >= 0.6 is 0 Å². The summed E-state index contributed by atoms with van der Waals surface area (Å²) in [5.74, 6) is 0.284. The molecule has 0 heterocycles. The molecule has 0 rings (SSSR count). The Balaban J connectivity index is 3.89. The van der Waals surface area contributed by atoms with E-state index in [0.717, 1.165) is 6.42 Å². The van der Waals surface area contributed by atoms with Crippen LogP contribution in [0.2, 0.25) is 0 Å². The molecule has 1 unspecified atom stereocenters. The zero-order chi connectivity index (χ0) is 12.1. The summed E-state index contributed by atoms with van der Waals surface area (Å²) in [4.78, 5) is 12.4. The Labute approximate surface area is 87.6 Å². The fourth-order valence-corrected chi connectivity index (χ4v) is 0.990. The molecule has 0 radical (unpaired) electrons. The molecule has 6 heteroatoms. The maximum absolute atomic E-state index is 11.8. The summed E-state index contributed by atoms with van der Waals surface area (Å²) in [7, 11) is 1.48. The second kappa shape index (κ2) is 5.82. The second-order valence-electron chi connectivity index (χ2n) is 3.67. The quantitative estimate of drug-likeness (QED) is 0.783. The van der Waals surface area contributed by atoms with E-state index in [-0.39, 0.29) is 5.92 Å². The van der Waals surface area contributed by atoms with Crippen LogP contribution in [-0.2, 0) is 0 Å². The van der Waals surface area contributed by atoms with Gasteiger partial charge in [0.15, 0.2) is 0 Å². The van der Waals surface area contributed by atoms with E-state index in [1.54, 1.807) is 0 Å². The van der Waals surface area contributed by atoms with E-state index in [1.807, 2.05) is 19.2 Å². The monoisotopic (exact) mass is 226 g/mol. The van der Waals surface area contributed by atoms with Crippen LogP contribution in [-0.4, -0.2) is 37.2 Å². The lowest BCUT2D eigenvalue weighted by atomic mass is 10.1. The summed E-state index contributed by atoms with van der Waals surface area (Å²) in [6.45, 7) is 3.08. The molecule has 0 aromatic carbocycles. The molecule has 2 amide bonds. The zero-order valence-corrected chi connectivity index (χ0v) is 9.19. The number of carbonyl (C=O) groups excluding carboxylic acids is 1. The van der Waals surface area contributed by atoms with Gasteiger partial charge < -0.3 is 10.2 Å². The van der Waals surface area contributed by atoms with Crippen molar-refractivity contribution >= 4 is 6.03 Å². The van der Waals surface area contributed by atoms with Gasteiger partial charge in [-0.2, -0.15) is 13.2 Å². The predicted molar refractivity (Wildman–Crippen MR) is 51.5 cm³/mol. The summed E-state index contributed by atoms with van der Waals surface area (Å²) >= 11 is 0. The number of amides is 2. The molecular weight excluding hydrogens is 209 g/mol. The molecule has 0 saturated heterocycles. The molecule has 0 bridgehead atoms. The SMILES string of the molecule is CCC(C)CN(C)C(=O)NCC(F)(F)F. The van der Waals surface area contributed by atoms with E-state index in [4.69, 9.17) is 0 Å². The third-order valence-corrected chi connectivity index (χ3v) is 2.07. The van der Waals surface area contributed by atoms with Gasteiger partial charge in [0.1, 0.15) is 6.54 Å². The van der Waals surface area contributed by atoms with Crippen molar-refractivity contribution in [3.05, 3.63) is 0 Å². The molecule has 0 saturated carbocycles. The first-order valence-electron chi connectivity index (χ1n) is 4.82. The lowest BCUT2D eigenvalue weighted by molar-refractivity contribution is -0.123. The normalized spacial score (nSPS) is 13.5. The highest BCUT2D eigenvalue weighted by molar-refractivity contribution is 5.73. The lowest BCUT2D eigenvalue weighted by Gasteiger charge is -2.21. The number of halogens is 3. The highest BCUT2D eigenvalue weighted by Gasteiger charge is 2.28. The molecule has 0 aliphatic rings. The Hall–Kier alpha value is -0.940. The zero-order valence-electron chi connectivity index (χ0n) is 9.19. The number of nitrogens with one attached hydrogen (secondary N) is 1. The van der Waals surface area contributed by atoms with E-state index >= 15 is 0 Å². The third-order valence-electron chi connectivity index (χ3n) is 2.07. The average Bonchev–Trinajstić information content (AvgIpc) is 2.12. The average molecular weight is 226 g/mol. The molecule has 1 atom stereocenters. The van der Waals surface area contributed by atoms with Gasteiger partial charge in [-0.3, -0.25) is 0 Å². The van der Waals surface area contributed by atoms with E-state index in [1.165, 1.54) is 11.9 Å². The summed E-state index contributed by atoms with van der Waals surface area (Å²) in [5.41, 5.74) is 0. The Bertz CT molecular complexity index is 206. The predicted octanol–water partition coefficient (Wildman–Crippen LogP) is 2.24. The summed E-state index contributed by atoms with van der Waals surface area (Å²) in [6, 6.07) is -0.687. The highest BCUT2D eigenvalue weighted by atomic mass is 19.4. The molecule has 90 valence electrons. The molecule has 0 aromatic heterocycles. The van der Waals surface area contributed by atoms with Gasteiger partial charge in [0, 0.05) is 13.6 Å². The number of rotatable bonds is 4. The van der Waals surface area contributed by atoms with Crippen LogP contribution in [0.4, 0.5) is 18.0 Å². The van der Waals surface area contributed by atoms with Crippen LogP contribution in [0.5, 0.6) is 0 Å². The first-order chi connectivity index (χ1) is 6.76. The van der Waals surface area contributed by atoms with Crippen LogP contribution in [0.1, 0.15) is 20.3 Å². The van der Waals surface area contributed by atoms with Crippen molar-refractivity contribution in [2.75, 3.05) is 20.1 Å². The van der Waals surface area contributed by atoms with Crippen molar-refractivity contribution in [1.29, 1.82) is 0 Å². The molecule has 0 spiro atoms. The van der Waals surface area contributed by atoms with Gasteiger partial charge in [-0.05, 0) is 5.92 Å². The second-order valence-corrected chi connectivity index (χ2v) is 3.67. The minimum atomic E-state index is -4.35. The van der Waals surface area contributed by atoms with Gasteiger partial charge in [0.05, 0.1) is 0 Å². The fraction of sp³-hybridized carbons (Fsp3) is 0.889. The van der Waals surface area contributed by atoms with E-state index in [0.29, 0.717) is 6.54 Å². The molecule has 0 aromatic rings. The van der Waals surface area contributed by atoms with Crippen LogP contribution in [0.25, 0.3) is 0 Å². The van der Waals surface area contributed by atoms with Gasteiger partial charge in [0.25, 0.3) is 0 Å². The van der Waals surface area contributed by atoms with Crippen molar-refractivity contribution < 1.29 is 18.0 Å².